The van der Waals surface area contributed by atoms with Gasteiger partial charge in [0, 0.05) is 19.7 Å². The molecule has 5 heteroatoms. The van der Waals surface area contributed by atoms with Gasteiger partial charge in [0.2, 0.25) is 0 Å². The molecule has 20 heavy (non-hydrogen) atoms. The van der Waals surface area contributed by atoms with Crippen molar-refractivity contribution in [1.82, 2.24) is 0 Å². The van der Waals surface area contributed by atoms with Crippen LogP contribution in [0.1, 0.15) is 37.0 Å². The number of nitrogens with zero attached hydrogens (tertiary/aromatic N) is 1. The van der Waals surface area contributed by atoms with E-state index in [-0.39, 0.29) is 17.3 Å². The number of hydrogen-bond acceptors (Lipinski definition) is 3. The number of rotatable bonds is 8. The Morgan fingerprint density at radius 2 is 2.05 bits per heavy atom. The van der Waals surface area contributed by atoms with Crippen molar-refractivity contribution in [1.29, 1.82) is 0 Å². The van der Waals surface area contributed by atoms with E-state index < -0.39 is 11.8 Å². The van der Waals surface area contributed by atoms with Gasteiger partial charge in [-0.15, -0.1) is 0 Å². The predicted molar refractivity (Wildman–Crippen MR) is 77.0 cm³/mol. The molecule has 4 nitrogen and oxygen atoms in total. The first-order chi connectivity index (χ1) is 9.56. The van der Waals surface area contributed by atoms with Gasteiger partial charge in [0.15, 0.2) is 0 Å². The van der Waals surface area contributed by atoms with E-state index in [1.54, 1.807) is 7.11 Å². The molecule has 1 aromatic carbocycles. The summed E-state index contributed by atoms with van der Waals surface area (Å²) in [5.74, 6) is -1.62. The predicted octanol–water partition coefficient (Wildman–Crippen LogP) is 3.17. The summed E-state index contributed by atoms with van der Waals surface area (Å²) in [4.78, 5) is 13.1. The molecule has 0 heterocycles. The maximum atomic E-state index is 14.2. The number of carboxylic acid groups (broad SMARTS) is 1. The lowest BCUT2D eigenvalue weighted by Crippen LogP contribution is -2.38. The van der Waals surface area contributed by atoms with Gasteiger partial charge in [0.05, 0.1) is 17.9 Å². The minimum absolute atomic E-state index is 0.00648. The number of para-hydroxylation sites is 1. The van der Waals surface area contributed by atoms with Crippen LogP contribution in [-0.4, -0.2) is 37.4 Å². The standard InChI is InChI=1S/C15H22FNO3/c1-4-11(5-2)17(9-10-20-3)14-12(15(18)19)7-6-8-13(14)16/h6-8,11H,4-5,9-10H2,1-3H3,(H,18,19). The number of carbonyl (C=O) groups is 1. The summed E-state index contributed by atoms with van der Waals surface area (Å²) in [7, 11) is 1.57. The van der Waals surface area contributed by atoms with Gasteiger partial charge in [-0.25, -0.2) is 9.18 Å². The van der Waals surface area contributed by atoms with Crippen LogP contribution in [0.2, 0.25) is 0 Å². The quantitative estimate of drug-likeness (QED) is 0.796. The highest BCUT2D eigenvalue weighted by molar-refractivity contribution is 5.94. The van der Waals surface area contributed by atoms with Gasteiger partial charge in [0.1, 0.15) is 5.82 Å². The summed E-state index contributed by atoms with van der Waals surface area (Å²) in [6.45, 7) is 4.90. The Kier molecular flexibility index (Phi) is 6.45. The highest BCUT2D eigenvalue weighted by atomic mass is 19.1. The van der Waals surface area contributed by atoms with E-state index in [2.05, 4.69) is 0 Å². The van der Waals surface area contributed by atoms with Crippen LogP contribution in [0.15, 0.2) is 18.2 Å². The van der Waals surface area contributed by atoms with Gasteiger partial charge in [-0.3, -0.25) is 0 Å². The van der Waals surface area contributed by atoms with E-state index in [4.69, 9.17) is 4.74 Å². The minimum atomic E-state index is -1.12. The first-order valence-electron chi connectivity index (χ1n) is 6.84. The van der Waals surface area contributed by atoms with Crippen molar-refractivity contribution >= 4 is 11.7 Å². The molecule has 1 aromatic rings. The first kappa shape index (κ1) is 16.4. The monoisotopic (exact) mass is 283 g/mol. The van der Waals surface area contributed by atoms with E-state index in [0.717, 1.165) is 12.8 Å². The average Bonchev–Trinajstić information content (AvgIpc) is 2.43. The summed E-state index contributed by atoms with van der Waals surface area (Å²) in [5.41, 5.74) is 0.152. The van der Waals surface area contributed by atoms with Crippen LogP contribution in [-0.2, 0) is 4.74 Å². The van der Waals surface area contributed by atoms with E-state index >= 15 is 0 Å². The Bertz CT molecular complexity index is 447. The van der Waals surface area contributed by atoms with Gasteiger partial charge < -0.3 is 14.7 Å². The summed E-state index contributed by atoms with van der Waals surface area (Å²) >= 11 is 0. The van der Waals surface area contributed by atoms with Crippen molar-refractivity contribution in [2.75, 3.05) is 25.2 Å². The molecule has 0 fully saturated rings. The zero-order valence-corrected chi connectivity index (χ0v) is 12.2. The molecule has 0 aliphatic heterocycles. The third kappa shape index (κ3) is 3.70. The summed E-state index contributed by atoms with van der Waals surface area (Å²) in [6, 6.07) is 4.23. The van der Waals surface area contributed by atoms with Crippen LogP contribution in [0.5, 0.6) is 0 Å². The van der Waals surface area contributed by atoms with E-state index in [9.17, 15) is 14.3 Å². The topological polar surface area (TPSA) is 49.8 Å². The van der Waals surface area contributed by atoms with Gasteiger partial charge >= 0.3 is 5.97 Å². The van der Waals surface area contributed by atoms with E-state index in [1.165, 1.54) is 18.2 Å². The Morgan fingerprint density at radius 3 is 2.55 bits per heavy atom. The SMILES string of the molecule is CCC(CC)N(CCOC)c1c(F)cccc1C(=O)O. The molecule has 0 radical (unpaired) electrons. The molecule has 1 N–H and O–H groups in total. The lowest BCUT2D eigenvalue weighted by atomic mass is 10.1. The molecule has 0 bridgehead atoms. The molecule has 0 unspecified atom stereocenters. The Labute approximate surface area is 119 Å². The largest absolute Gasteiger partial charge is 0.478 e. The number of hydrogen-bond donors (Lipinski definition) is 1. The zero-order valence-electron chi connectivity index (χ0n) is 12.2. The minimum Gasteiger partial charge on any atom is -0.478 e. The summed E-state index contributed by atoms with van der Waals surface area (Å²) < 4.78 is 19.2. The van der Waals surface area contributed by atoms with E-state index in [0.29, 0.717) is 13.2 Å². The molecule has 112 valence electrons. The smallest absolute Gasteiger partial charge is 0.337 e. The second kappa shape index (κ2) is 7.85. The van der Waals surface area contributed by atoms with Crippen molar-refractivity contribution in [3.63, 3.8) is 0 Å². The molecule has 0 amide bonds. The van der Waals surface area contributed by atoms with Crippen molar-refractivity contribution < 1.29 is 19.0 Å². The number of carboxylic acids is 1. The average molecular weight is 283 g/mol. The van der Waals surface area contributed by atoms with Crippen molar-refractivity contribution in [2.24, 2.45) is 0 Å². The molecular weight excluding hydrogens is 261 g/mol. The summed E-state index contributed by atoms with van der Waals surface area (Å²) in [5, 5.41) is 9.27. The fourth-order valence-electron chi connectivity index (χ4n) is 2.38. The second-order valence-electron chi connectivity index (χ2n) is 4.60. The number of aromatic carboxylic acids is 1. The Balaban J connectivity index is 3.28. The number of anilines is 1. The third-order valence-corrected chi connectivity index (χ3v) is 3.42. The number of methoxy groups -OCH3 is 1. The van der Waals surface area contributed by atoms with Crippen LogP contribution >= 0.6 is 0 Å². The van der Waals surface area contributed by atoms with E-state index in [1.807, 2.05) is 18.7 Å². The molecule has 1 rings (SSSR count). The number of halogens is 1. The molecule has 0 saturated heterocycles. The second-order valence-corrected chi connectivity index (χ2v) is 4.60. The molecule has 0 aliphatic rings. The van der Waals surface area contributed by atoms with Crippen LogP contribution in [0.25, 0.3) is 0 Å². The first-order valence-corrected chi connectivity index (χ1v) is 6.84. The maximum Gasteiger partial charge on any atom is 0.337 e. The Hall–Kier alpha value is -1.62. The fourth-order valence-corrected chi connectivity index (χ4v) is 2.38. The normalized spacial score (nSPS) is 10.8. The maximum absolute atomic E-state index is 14.2. The fraction of sp³-hybridized carbons (Fsp3) is 0.533. The number of ether oxygens (including phenoxy) is 1. The van der Waals surface area contributed by atoms with Crippen molar-refractivity contribution in [3.8, 4) is 0 Å². The van der Waals surface area contributed by atoms with Crippen LogP contribution in [0.4, 0.5) is 10.1 Å². The van der Waals surface area contributed by atoms with Crippen molar-refractivity contribution in [2.45, 2.75) is 32.7 Å². The van der Waals surface area contributed by atoms with Gasteiger partial charge in [0.25, 0.3) is 0 Å². The lowest BCUT2D eigenvalue weighted by Gasteiger charge is -2.33. The highest BCUT2D eigenvalue weighted by Gasteiger charge is 2.24. The van der Waals surface area contributed by atoms with Gasteiger partial charge in [-0.05, 0) is 25.0 Å². The number of benzene rings is 1. The highest BCUT2D eigenvalue weighted by Crippen LogP contribution is 2.28. The van der Waals surface area contributed by atoms with Crippen LogP contribution in [0.3, 0.4) is 0 Å². The third-order valence-electron chi connectivity index (χ3n) is 3.42. The van der Waals surface area contributed by atoms with Crippen LogP contribution < -0.4 is 4.90 Å². The Morgan fingerprint density at radius 1 is 1.40 bits per heavy atom. The molecule has 0 saturated carbocycles. The molecule has 0 aliphatic carbocycles. The van der Waals surface area contributed by atoms with Crippen LogP contribution in [0, 0.1) is 5.82 Å². The van der Waals surface area contributed by atoms with Gasteiger partial charge in [-0.2, -0.15) is 0 Å². The zero-order chi connectivity index (χ0) is 15.1. The molecule has 0 spiro atoms. The van der Waals surface area contributed by atoms with Gasteiger partial charge in [-0.1, -0.05) is 19.9 Å². The molecular formula is C15H22FNO3. The summed E-state index contributed by atoms with van der Waals surface area (Å²) in [6.07, 6.45) is 1.63. The lowest BCUT2D eigenvalue weighted by molar-refractivity contribution is 0.0696. The molecule has 0 atom stereocenters. The molecule has 0 aromatic heterocycles. The van der Waals surface area contributed by atoms with Crippen molar-refractivity contribution in [3.05, 3.63) is 29.6 Å².